The summed E-state index contributed by atoms with van der Waals surface area (Å²) < 4.78 is 30.6. The highest BCUT2D eigenvalue weighted by atomic mass is 19.1. The van der Waals surface area contributed by atoms with E-state index in [4.69, 9.17) is 14.2 Å². The molecule has 1 aliphatic heterocycles. The molecule has 1 atom stereocenters. The number of morpholine rings is 1. The molecule has 0 aromatic heterocycles. The van der Waals surface area contributed by atoms with Crippen molar-refractivity contribution in [3.05, 3.63) is 94.8 Å². The van der Waals surface area contributed by atoms with Crippen LogP contribution >= 0.6 is 0 Å². The summed E-state index contributed by atoms with van der Waals surface area (Å²) in [4.78, 5) is 39.5. The van der Waals surface area contributed by atoms with Gasteiger partial charge in [-0.2, -0.15) is 0 Å². The Balaban J connectivity index is 1.42. The highest BCUT2D eigenvalue weighted by molar-refractivity contribution is 6.15. The number of ether oxygens (including phenoxy) is 3. The lowest BCUT2D eigenvalue weighted by atomic mass is 9.97. The van der Waals surface area contributed by atoms with E-state index in [1.807, 2.05) is 12.1 Å². The second-order valence-corrected chi connectivity index (χ2v) is 9.12. The van der Waals surface area contributed by atoms with Crippen LogP contribution in [0.2, 0.25) is 0 Å². The van der Waals surface area contributed by atoms with Crippen molar-refractivity contribution >= 4 is 17.5 Å². The highest BCUT2D eigenvalue weighted by Gasteiger charge is 2.28. The molecule has 0 spiro atoms. The summed E-state index contributed by atoms with van der Waals surface area (Å²) in [6, 6.07) is 17.4. The van der Waals surface area contributed by atoms with Crippen LogP contribution in [0.1, 0.15) is 45.2 Å². The zero-order valence-corrected chi connectivity index (χ0v) is 21.4. The molecule has 3 aromatic rings. The Kier molecular flexibility index (Phi) is 8.86. The normalized spacial score (nSPS) is 15.1. The van der Waals surface area contributed by atoms with Gasteiger partial charge in [-0.05, 0) is 61.4 Å². The molecule has 1 unspecified atom stereocenters. The molecule has 1 heterocycles. The van der Waals surface area contributed by atoms with Crippen LogP contribution in [0.3, 0.4) is 0 Å². The maximum Gasteiger partial charge on any atom is 0.254 e. The van der Waals surface area contributed by atoms with Gasteiger partial charge in [0.25, 0.3) is 5.91 Å². The van der Waals surface area contributed by atoms with E-state index in [0.717, 1.165) is 5.56 Å². The SMILES string of the molecule is COc1cc(CCC(C)=O)ccc1OCC1CN(C(=O)c2ccccc2C(=O)c2ccc(F)cc2)CCO1. The molecule has 38 heavy (non-hydrogen) atoms. The number of hydrogen-bond acceptors (Lipinski definition) is 6. The van der Waals surface area contributed by atoms with Gasteiger partial charge in [-0.15, -0.1) is 0 Å². The second-order valence-electron chi connectivity index (χ2n) is 9.12. The average molecular weight is 520 g/mol. The lowest BCUT2D eigenvalue weighted by Crippen LogP contribution is -2.47. The van der Waals surface area contributed by atoms with Gasteiger partial charge in [0.05, 0.1) is 25.8 Å². The van der Waals surface area contributed by atoms with Crippen molar-refractivity contribution in [2.75, 3.05) is 33.4 Å². The van der Waals surface area contributed by atoms with Gasteiger partial charge in [0.15, 0.2) is 17.3 Å². The zero-order valence-electron chi connectivity index (χ0n) is 21.4. The molecule has 7 nitrogen and oxygen atoms in total. The molecule has 0 bridgehead atoms. The predicted octanol–water partition coefficient (Wildman–Crippen LogP) is 4.51. The molecule has 8 heteroatoms. The van der Waals surface area contributed by atoms with Gasteiger partial charge in [-0.3, -0.25) is 9.59 Å². The summed E-state index contributed by atoms with van der Waals surface area (Å²) in [6.45, 7) is 2.76. The number of aryl methyl sites for hydroxylation is 1. The first-order chi connectivity index (χ1) is 18.4. The molecule has 1 amide bonds. The predicted molar refractivity (Wildman–Crippen MR) is 139 cm³/mol. The van der Waals surface area contributed by atoms with Gasteiger partial charge in [0.2, 0.25) is 0 Å². The van der Waals surface area contributed by atoms with Crippen molar-refractivity contribution in [1.82, 2.24) is 4.90 Å². The van der Waals surface area contributed by atoms with E-state index in [-0.39, 0.29) is 47.9 Å². The van der Waals surface area contributed by atoms with E-state index in [0.29, 0.717) is 43.1 Å². The molecule has 1 saturated heterocycles. The number of halogens is 1. The molecule has 0 N–H and O–H groups in total. The van der Waals surface area contributed by atoms with Crippen molar-refractivity contribution in [2.24, 2.45) is 0 Å². The fourth-order valence-corrected chi connectivity index (χ4v) is 4.29. The number of amides is 1. The number of methoxy groups -OCH3 is 1. The molecular weight excluding hydrogens is 489 g/mol. The third-order valence-corrected chi connectivity index (χ3v) is 6.35. The van der Waals surface area contributed by atoms with Gasteiger partial charge in [0.1, 0.15) is 24.3 Å². The number of ketones is 2. The summed E-state index contributed by atoms with van der Waals surface area (Å²) >= 11 is 0. The smallest absolute Gasteiger partial charge is 0.254 e. The van der Waals surface area contributed by atoms with Crippen LogP contribution in [0.15, 0.2) is 66.7 Å². The van der Waals surface area contributed by atoms with Crippen LogP contribution in [-0.4, -0.2) is 61.9 Å². The lowest BCUT2D eigenvalue weighted by Gasteiger charge is -2.33. The quantitative estimate of drug-likeness (QED) is 0.367. The van der Waals surface area contributed by atoms with Gasteiger partial charge in [-0.25, -0.2) is 4.39 Å². The fraction of sp³-hybridized carbons (Fsp3) is 0.300. The number of hydrogen-bond donors (Lipinski definition) is 0. The summed E-state index contributed by atoms with van der Waals surface area (Å²) in [5, 5.41) is 0. The summed E-state index contributed by atoms with van der Waals surface area (Å²) in [6.07, 6.45) is 0.705. The third kappa shape index (κ3) is 6.63. The van der Waals surface area contributed by atoms with E-state index in [1.54, 1.807) is 49.3 Å². The zero-order chi connectivity index (χ0) is 27.1. The Hall–Kier alpha value is -4.04. The number of carbonyl (C=O) groups excluding carboxylic acids is 3. The average Bonchev–Trinajstić information content (AvgIpc) is 2.95. The molecule has 0 aliphatic carbocycles. The minimum atomic E-state index is -0.436. The summed E-state index contributed by atoms with van der Waals surface area (Å²) in [5.41, 5.74) is 1.83. The van der Waals surface area contributed by atoms with E-state index in [1.165, 1.54) is 24.3 Å². The number of benzene rings is 3. The van der Waals surface area contributed by atoms with Gasteiger partial charge >= 0.3 is 0 Å². The van der Waals surface area contributed by atoms with Crippen LogP contribution in [0.4, 0.5) is 4.39 Å². The van der Waals surface area contributed by atoms with Crippen molar-refractivity contribution in [2.45, 2.75) is 25.9 Å². The standard InChI is InChI=1S/C30H30FNO6/c1-20(33)7-8-21-9-14-27(28(17-21)36-2)38-19-24-18-32(15-16-37-24)30(35)26-6-4-3-5-25(26)29(34)22-10-12-23(31)13-11-22/h3-6,9-14,17,24H,7-8,15-16,18-19H2,1-2H3. The molecule has 198 valence electrons. The van der Waals surface area contributed by atoms with Crippen LogP contribution in [0.25, 0.3) is 0 Å². The van der Waals surface area contributed by atoms with Crippen LogP contribution in [0, 0.1) is 5.82 Å². The second kappa shape index (κ2) is 12.5. The monoisotopic (exact) mass is 519 g/mol. The third-order valence-electron chi connectivity index (χ3n) is 6.35. The Morgan fingerprint density at radius 1 is 1.00 bits per heavy atom. The lowest BCUT2D eigenvalue weighted by molar-refractivity contribution is -0.116. The fourth-order valence-electron chi connectivity index (χ4n) is 4.29. The van der Waals surface area contributed by atoms with Crippen LogP contribution in [0.5, 0.6) is 11.5 Å². The minimum Gasteiger partial charge on any atom is -0.493 e. The van der Waals surface area contributed by atoms with Crippen LogP contribution < -0.4 is 9.47 Å². The minimum absolute atomic E-state index is 0.125. The molecular formula is C30H30FNO6. The van der Waals surface area contributed by atoms with Gasteiger partial charge in [-0.1, -0.05) is 24.3 Å². The first kappa shape index (κ1) is 27.0. The Morgan fingerprint density at radius 3 is 2.45 bits per heavy atom. The highest BCUT2D eigenvalue weighted by Crippen LogP contribution is 2.29. The number of rotatable bonds is 10. The van der Waals surface area contributed by atoms with Gasteiger partial charge in [0, 0.05) is 24.1 Å². The Morgan fingerprint density at radius 2 is 1.74 bits per heavy atom. The van der Waals surface area contributed by atoms with Crippen molar-refractivity contribution in [3.8, 4) is 11.5 Å². The molecule has 3 aromatic carbocycles. The molecule has 0 radical (unpaired) electrons. The Labute approximate surface area is 221 Å². The number of nitrogens with zero attached hydrogens (tertiary/aromatic N) is 1. The largest absolute Gasteiger partial charge is 0.493 e. The van der Waals surface area contributed by atoms with Crippen molar-refractivity contribution < 1.29 is 33.0 Å². The topological polar surface area (TPSA) is 82.1 Å². The van der Waals surface area contributed by atoms with Crippen molar-refractivity contribution in [3.63, 3.8) is 0 Å². The van der Waals surface area contributed by atoms with E-state index >= 15 is 0 Å². The summed E-state index contributed by atoms with van der Waals surface area (Å²) in [5.74, 6) is 0.163. The first-order valence-corrected chi connectivity index (χ1v) is 12.4. The maximum atomic E-state index is 13.5. The van der Waals surface area contributed by atoms with Gasteiger partial charge < -0.3 is 23.9 Å². The Bertz CT molecular complexity index is 1310. The number of Topliss-reactive ketones (excluding diaryl/α,β-unsaturated/α-hetero) is 1. The summed E-state index contributed by atoms with van der Waals surface area (Å²) in [7, 11) is 1.55. The molecule has 1 fully saturated rings. The number of carbonyl (C=O) groups is 3. The van der Waals surface area contributed by atoms with E-state index < -0.39 is 5.82 Å². The van der Waals surface area contributed by atoms with Crippen molar-refractivity contribution in [1.29, 1.82) is 0 Å². The maximum absolute atomic E-state index is 13.5. The molecule has 0 saturated carbocycles. The molecule has 4 rings (SSSR count). The van der Waals surface area contributed by atoms with Crippen LogP contribution in [-0.2, 0) is 16.0 Å². The first-order valence-electron chi connectivity index (χ1n) is 12.4. The van der Waals surface area contributed by atoms with E-state index in [2.05, 4.69) is 0 Å². The van der Waals surface area contributed by atoms with E-state index in [9.17, 15) is 18.8 Å². The molecule has 1 aliphatic rings.